The molecule has 2 saturated heterocycles. The van der Waals surface area contributed by atoms with Crippen molar-refractivity contribution in [2.24, 2.45) is 5.92 Å². The summed E-state index contributed by atoms with van der Waals surface area (Å²) in [5, 5.41) is 39.3. The summed E-state index contributed by atoms with van der Waals surface area (Å²) in [7, 11) is 0. The van der Waals surface area contributed by atoms with Crippen molar-refractivity contribution < 1.29 is 24.8 Å². The fourth-order valence-electron chi connectivity index (χ4n) is 3.98. The van der Waals surface area contributed by atoms with Gasteiger partial charge in [-0.05, 0) is 30.9 Å². The summed E-state index contributed by atoms with van der Waals surface area (Å²) in [6, 6.07) is 6.20. The van der Waals surface area contributed by atoms with Crippen LogP contribution in [-0.2, 0) is 0 Å². The minimum absolute atomic E-state index is 0.211. The molecule has 4 N–H and O–H groups in total. The molecule has 2 aliphatic rings. The molecule has 3 rings (SSSR count). The van der Waals surface area contributed by atoms with E-state index in [0.717, 1.165) is 25.9 Å². The molecule has 0 spiro atoms. The normalized spacial score (nSPS) is 32.1. The average Bonchev–Trinajstić information content (AvgIpc) is 2.61. The van der Waals surface area contributed by atoms with Gasteiger partial charge in [0.2, 0.25) is 0 Å². The van der Waals surface area contributed by atoms with Gasteiger partial charge in [-0.1, -0.05) is 12.1 Å². The zero-order chi connectivity index (χ0) is 18.0. The molecule has 0 saturated carbocycles. The Morgan fingerprint density at radius 2 is 1.72 bits per heavy atom. The molecule has 7 heteroatoms. The first-order chi connectivity index (χ1) is 12.0. The molecule has 25 heavy (non-hydrogen) atoms. The van der Waals surface area contributed by atoms with E-state index in [1.165, 1.54) is 6.07 Å². The number of anilines is 1. The largest absolute Gasteiger partial charge is 0.395 e. The molecule has 2 fully saturated rings. The van der Waals surface area contributed by atoms with E-state index >= 15 is 0 Å². The fourth-order valence-corrected chi connectivity index (χ4v) is 3.98. The zero-order valence-corrected chi connectivity index (χ0v) is 14.2. The lowest BCUT2D eigenvalue weighted by molar-refractivity contribution is -0.147. The van der Waals surface area contributed by atoms with E-state index in [1.54, 1.807) is 12.1 Å². The van der Waals surface area contributed by atoms with Gasteiger partial charge < -0.3 is 25.3 Å². The van der Waals surface area contributed by atoms with E-state index in [0.29, 0.717) is 18.2 Å². The molecule has 2 aliphatic heterocycles. The summed E-state index contributed by atoms with van der Waals surface area (Å²) >= 11 is 0. The zero-order valence-electron chi connectivity index (χ0n) is 14.2. The molecule has 0 radical (unpaired) electrons. The van der Waals surface area contributed by atoms with Gasteiger partial charge in [-0.3, -0.25) is 4.90 Å². The number of likely N-dealkylation sites (tertiary alicyclic amines) is 1. The van der Waals surface area contributed by atoms with Crippen LogP contribution in [0.4, 0.5) is 10.1 Å². The quantitative estimate of drug-likeness (QED) is 0.599. The number of aliphatic hydroxyl groups excluding tert-OH is 4. The SMILES string of the molecule is OC[C@@H]1[C@@H](O)[C@H](O)[C@@H](O)CN1CC1CCN(c2ccccc2F)CC1. The van der Waals surface area contributed by atoms with Crippen LogP contribution in [-0.4, -0.2) is 82.5 Å². The first-order valence-electron chi connectivity index (χ1n) is 8.90. The lowest BCUT2D eigenvalue weighted by Crippen LogP contribution is -2.63. The lowest BCUT2D eigenvalue weighted by atomic mass is 9.90. The molecule has 1 aromatic rings. The van der Waals surface area contributed by atoms with Crippen molar-refractivity contribution in [3.8, 4) is 0 Å². The van der Waals surface area contributed by atoms with Crippen LogP contribution in [0.2, 0.25) is 0 Å². The highest BCUT2D eigenvalue weighted by Gasteiger charge is 2.41. The topological polar surface area (TPSA) is 87.4 Å². The monoisotopic (exact) mass is 354 g/mol. The van der Waals surface area contributed by atoms with E-state index in [2.05, 4.69) is 0 Å². The molecule has 0 unspecified atom stereocenters. The van der Waals surface area contributed by atoms with Crippen molar-refractivity contribution >= 4 is 5.69 Å². The highest BCUT2D eigenvalue weighted by Crippen LogP contribution is 2.28. The molecule has 6 nitrogen and oxygen atoms in total. The van der Waals surface area contributed by atoms with Crippen LogP contribution in [0.25, 0.3) is 0 Å². The lowest BCUT2D eigenvalue weighted by Gasteiger charge is -2.45. The number of hydrogen-bond acceptors (Lipinski definition) is 6. The fraction of sp³-hybridized carbons (Fsp3) is 0.667. The van der Waals surface area contributed by atoms with Gasteiger partial charge in [-0.15, -0.1) is 0 Å². The summed E-state index contributed by atoms with van der Waals surface area (Å²) in [6.45, 7) is 2.10. The smallest absolute Gasteiger partial charge is 0.146 e. The second-order valence-electron chi connectivity index (χ2n) is 7.13. The number of rotatable bonds is 4. The van der Waals surface area contributed by atoms with Crippen LogP contribution in [0.15, 0.2) is 24.3 Å². The second-order valence-corrected chi connectivity index (χ2v) is 7.13. The average molecular weight is 354 g/mol. The van der Waals surface area contributed by atoms with Crippen molar-refractivity contribution in [1.29, 1.82) is 0 Å². The molecule has 140 valence electrons. The van der Waals surface area contributed by atoms with Crippen LogP contribution < -0.4 is 4.90 Å². The maximum absolute atomic E-state index is 13.9. The highest BCUT2D eigenvalue weighted by atomic mass is 19.1. The van der Waals surface area contributed by atoms with Gasteiger partial charge in [0.1, 0.15) is 18.0 Å². The third-order valence-corrected chi connectivity index (χ3v) is 5.52. The number of β-amino-alcohol motifs (C(OH)–C–C–N with tert-alkyl or cyclic N) is 1. The van der Waals surface area contributed by atoms with Crippen molar-refractivity contribution in [3.05, 3.63) is 30.1 Å². The molecule has 1 aromatic carbocycles. The second kappa shape index (κ2) is 7.97. The van der Waals surface area contributed by atoms with E-state index in [4.69, 9.17) is 0 Å². The number of halogens is 1. The Labute approximate surface area is 147 Å². The van der Waals surface area contributed by atoms with Crippen LogP contribution >= 0.6 is 0 Å². The molecular weight excluding hydrogens is 327 g/mol. The van der Waals surface area contributed by atoms with Crippen molar-refractivity contribution in [2.75, 3.05) is 37.7 Å². The molecule has 4 atom stereocenters. The third kappa shape index (κ3) is 3.96. The Morgan fingerprint density at radius 1 is 1.04 bits per heavy atom. The summed E-state index contributed by atoms with van der Waals surface area (Å²) in [6.07, 6.45) is -1.66. The minimum Gasteiger partial charge on any atom is -0.395 e. The van der Waals surface area contributed by atoms with E-state index < -0.39 is 24.4 Å². The minimum atomic E-state index is -1.23. The summed E-state index contributed by atoms with van der Waals surface area (Å²) in [5.41, 5.74) is 0.626. The molecule has 0 bridgehead atoms. The van der Waals surface area contributed by atoms with Crippen LogP contribution in [0, 0.1) is 11.7 Å². The van der Waals surface area contributed by atoms with Gasteiger partial charge in [0.15, 0.2) is 0 Å². The summed E-state index contributed by atoms with van der Waals surface area (Å²) in [5.74, 6) is 0.129. The van der Waals surface area contributed by atoms with Gasteiger partial charge in [0.25, 0.3) is 0 Å². The van der Waals surface area contributed by atoms with Crippen LogP contribution in [0.5, 0.6) is 0 Å². The molecule has 0 amide bonds. The van der Waals surface area contributed by atoms with Crippen molar-refractivity contribution in [2.45, 2.75) is 37.2 Å². The Morgan fingerprint density at radius 3 is 2.36 bits per heavy atom. The van der Waals surface area contributed by atoms with Crippen LogP contribution in [0.1, 0.15) is 12.8 Å². The standard InChI is InChI=1S/C18H27FN2O4/c19-13-3-1-2-4-14(13)20-7-5-12(6-8-20)9-21-10-16(23)18(25)17(24)15(21)11-22/h1-4,12,15-18,22-25H,5-11H2/t15-,16+,17-,18-/m1/s1. The Hall–Kier alpha value is -1.25. The Kier molecular flexibility index (Phi) is 5.91. The first kappa shape index (κ1) is 18.5. The first-order valence-corrected chi connectivity index (χ1v) is 8.90. The van der Waals surface area contributed by atoms with Gasteiger partial charge in [0.05, 0.1) is 24.4 Å². The predicted molar refractivity (Wildman–Crippen MR) is 91.8 cm³/mol. The maximum atomic E-state index is 13.9. The van der Waals surface area contributed by atoms with E-state index in [1.807, 2.05) is 15.9 Å². The summed E-state index contributed by atoms with van der Waals surface area (Å²) < 4.78 is 13.9. The summed E-state index contributed by atoms with van der Waals surface area (Å²) in [4.78, 5) is 3.91. The Bertz CT molecular complexity index is 568. The maximum Gasteiger partial charge on any atom is 0.146 e. The molecular formula is C18H27FN2O4. The van der Waals surface area contributed by atoms with E-state index in [-0.39, 0.29) is 19.0 Å². The molecule has 2 heterocycles. The number of para-hydroxylation sites is 1. The van der Waals surface area contributed by atoms with Crippen molar-refractivity contribution in [1.82, 2.24) is 4.90 Å². The van der Waals surface area contributed by atoms with Gasteiger partial charge in [-0.2, -0.15) is 0 Å². The van der Waals surface area contributed by atoms with Crippen molar-refractivity contribution in [3.63, 3.8) is 0 Å². The van der Waals surface area contributed by atoms with Gasteiger partial charge in [-0.25, -0.2) is 4.39 Å². The number of aliphatic hydroxyl groups is 4. The molecule has 0 aromatic heterocycles. The van der Waals surface area contributed by atoms with Gasteiger partial charge >= 0.3 is 0 Å². The van der Waals surface area contributed by atoms with Gasteiger partial charge in [0, 0.05) is 26.2 Å². The number of benzene rings is 1. The Balaban J connectivity index is 1.57. The predicted octanol–water partition coefficient (Wildman–Crippen LogP) is -0.199. The number of nitrogens with zero attached hydrogens (tertiary/aromatic N) is 2. The molecule has 0 aliphatic carbocycles. The number of hydrogen-bond donors (Lipinski definition) is 4. The number of piperidine rings is 2. The van der Waals surface area contributed by atoms with Crippen LogP contribution in [0.3, 0.4) is 0 Å². The third-order valence-electron chi connectivity index (χ3n) is 5.52. The highest BCUT2D eigenvalue weighted by molar-refractivity contribution is 5.47. The van der Waals surface area contributed by atoms with E-state index in [9.17, 15) is 24.8 Å².